The lowest BCUT2D eigenvalue weighted by atomic mass is 10.2. The Kier molecular flexibility index (Phi) is 5.56. The molecule has 1 fully saturated rings. The topological polar surface area (TPSA) is 109 Å². The van der Waals surface area contributed by atoms with E-state index in [1.807, 2.05) is 0 Å². The summed E-state index contributed by atoms with van der Waals surface area (Å²) in [5.41, 5.74) is 0.432. The summed E-state index contributed by atoms with van der Waals surface area (Å²) in [7, 11) is 4.44. The Balaban J connectivity index is 2.10. The number of anilines is 1. The maximum absolute atomic E-state index is 12.1. The molecule has 9 heteroatoms. The third-order valence-corrected chi connectivity index (χ3v) is 3.72. The molecule has 1 aliphatic rings. The van der Waals surface area contributed by atoms with Crippen molar-refractivity contribution in [2.45, 2.75) is 19.0 Å². The van der Waals surface area contributed by atoms with Crippen LogP contribution in [0.3, 0.4) is 0 Å². The van der Waals surface area contributed by atoms with E-state index in [0.29, 0.717) is 42.3 Å². The third-order valence-electron chi connectivity index (χ3n) is 3.72. The first-order chi connectivity index (χ1) is 11.5. The lowest BCUT2D eigenvalue weighted by Gasteiger charge is -2.22. The molecule has 1 aromatic rings. The zero-order valence-electron chi connectivity index (χ0n) is 13.8. The molecule has 0 radical (unpaired) electrons. The molecular weight excluding hydrogens is 318 g/mol. The second kappa shape index (κ2) is 7.62. The molecule has 0 aromatic heterocycles. The number of hydrogen-bond acceptors (Lipinski definition) is 5. The number of urea groups is 1. The number of benzene rings is 1. The fraction of sp³-hybridized carbons (Fsp3) is 0.467. The largest absolute Gasteiger partial charge is 0.493 e. The lowest BCUT2D eigenvalue weighted by Crippen LogP contribution is -2.47. The van der Waals surface area contributed by atoms with Gasteiger partial charge in [0.05, 0.1) is 27.0 Å². The molecule has 3 amide bonds. The van der Waals surface area contributed by atoms with Crippen molar-refractivity contribution in [3.8, 4) is 17.2 Å². The number of ether oxygens (including phenoxy) is 3. The highest BCUT2D eigenvalue weighted by atomic mass is 16.5. The normalized spacial score (nSPS) is 16.5. The van der Waals surface area contributed by atoms with Gasteiger partial charge in [-0.15, -0.1) is 0 Å². The van der Waals surface area contributed by atoms with Gasteiger partial charge < -0.3 is 30.0 Å². The number of likely N-dealkylation sites (tertiary alicyclic amines) is 1. The second-order valence-corrected chi connectivity index (χ2v) is 5.15. The van der Waals surface area contributed by atoms with Crippen molar-refractivity contribution in [3.63, 3.8) is 0 Å². The average molecular weight is 339 g/mol. The molecule has 1 atom stereocenters. The molecule has 0 saturated carbocycles. The summed E-state index contributed by atoms with van der Waals surface area (Å²) in [6.07, 6.45) is -0.300. The molecule has 0 bridgehead atoms. The van der Waals surface area contributed by atoms with Gasteiger partial charge in [0.25, 0.3) is 0 Å². The number of rotatable bonds is 5. The summed E-state index contributed by atoms with van der Waals surface area (Å²) in [6.45, 7) is 0.407. The van der Waals surface area contributed by atoms with Gasteiger partial charge in [-0.05, 0) is 12.8 Å². The Morgan fingerprint density at radius 1 is 1.17 bits per heavy atom. The summed E-state index contributed by atoms with van der Waals surface area (Å²) in [5.74, 6) is 1.22. The Morgan fingerprint density at radius 3 is 2.29 bits per heavy atom. The summed E-state index contributed by atoms with van der Waals surface area (Å²) >= 11 is 0. The maximum atomic E-state index is 12.1. The van der Waals surface area contributed by atoms with Crippen LogP contribution in [0.5, 0.6) is 17.2 Å². The van der Waals surface area contributed by atoms with Crippen molar-refractivity contribution < 1.29 is 28.9 Å². The highest BCUT2D eigenvalue weighted by Crippen LogP contribution is 2.39. The van der Waals surface area contributed by atoms with Crippen LogP contribution in [0.25, 0.3) is 0 Å². The Hall–Kier alpha value is -2.84. The second-order valence-electron chi connectivity index (χ2n) is 5.15. The van der Waals surface area contributed by atoms with E-state index in [2.05, 4.69) is 10.6 Å². The average Bonchev–Trinajstić information content (AvgIpc) is 3.01. The van der Waals surface area contributed by atoms with Gasteiger partial charge in [0, 0.05) is 18.7 Å². The molecule has 1 heterocycles. The SMILES string of the molecule is COc1cc(NC(=O)NC2CCCN2C(=O)O)cc(OC)c1OC. The number of carboxylic acid groups (broad SMARTS) is 1. The Labute approximate surface area is 139 Å². The van der Waals surface area contributed by atoms with Crippen LogP contribution in [0.15, 0.2) is 12.1 Å². The van der Waals surface area contributed by atoms with E-state index in [4.69, 9.17) is 19.3 Å². The highest BCUT2D eigenvalue weighted by Gasteiger charge is 2.29. The van der Waals surface area contributed by atoms with Gasteiger partial charge in [-0.3, -0.25) is 4.90 Å². The van der Waals surface area contributed by atoms with E-state index in [1.165, 1.54) is 26.2 Å². The molecule has 0 aliphatic carbocycles. The number of amides is 3. The highest BCUT2D eigenvalue weighted by molar-refractivity contribution is 5.90. The number of hydrogen-bond donors (Lipinski definition) is 3. The molecule has 2 rings (SSSR count). The quantitative estimate of drug-likeness (QED) is 0.756. The van der Waals surface area contributed by atoms with Crippen molar-refractivity contribution in [2.24, 2.45) is 0 Å². The predicted molar refractivity (Wildman–Crippen MR) is 86.0 cm³/mol. The van der Waals surface area contributed by atoms with Crippen molar-refractivity contribution in [2.75, 3.05) is 33.2 Å². The Morgan fingerprint density at radius 2 is 1.79 bits per heavy atom. The van der Waals surface area contributed by atoms with E-state index in [1.54, 1.807) is 12.1 Å². The fourth-order valence-electron chi connectivity index (χ4n) is 2.62. The first-order valence-corrected chi connectivity index (χ1v) is 7.37. The van der Waals surface area contributed by atoms with E-state index in [-0.39, 0.29) is 0 Å². The van der Waals surface area contributed by atoms with Crippen LogP contribution in [-0.2, 0) is 0 Å². The first kappa shape index (κ1) is 17.5. The van der Waals surface area contributed by atoms with Gasteiger partial charge in [-0.1, -0.05) is 0 Å². The van der Waals surface area contributed by atoms with Crippen molar-refractivity contribution in [3.05, 3.63) is 12.1 Å². The van der Waals surface area contributed by atoms with E-state index in [9.17, 15) is 9.59 Å². The molecule has 0 spiro atoms. The molecule has 1 unspecified atom stereocenters. The van der Waals surface area contributed by atoms with Crippen LogP contribution >= 0.6 is 0 Å². The monoisotopic (exact) mass is 339 g/mol. The molecule has 132 valence electrons. The maximum Gasteiger partial charge on any atom is 0.408 e. The van der Waals surface area contributed by atoms with E-state index < -0.39 is 18.3 Å². The van der Waals surface area contributed by atoms with Crippen LogP contribution in [0.1, 0.15) is 12.8 Å². The van der Waals surface area contributed by atoms with Gasteiger partial charge in [0.1, 0.15) is 6.17 Å². The number of methoxy groups -OCH3 is 3. The number of carbonyl (C=O) groups excluding carboxylic acids is 1. The zero-order valence-corrected chi connectivity index (χ0v) is 13.8. The smallest absolute Gasteiger partial charge is 0.408 e. The summed E-state index contributed by atoms with van der Waals surface area (Å²) in [4.78, 5) is 24.4. The van der Waals surface area contributed by atoms with Gasteiger partial charge in [0.15, 0.2) is 11.5 Å². The summed E-state index contributed by atoms with van der Waals surface area (Å²) in [5, 5.41) is 14.4. The van der Waals surface area contributed by atoms with Crippen molar-refractivity contribution in [1.29, 1.82) is 0 Å². The van der Waals surface area contributed by atoms with Crippen LogP contribution in [0.4, 0.5) is 15.3 Å². The molecule has 9 nitrogen and oxygen atoms in total. The van der Waals surface area contributed by atoms with Crippen molar-refractivity contribution >= 4 is 17.8 Å². The molecule has 24 heavy (non-hydrogen) atoms. The fourth-order valence-corrected chi connectivity index (χ4v) is 2.62. The minimum atomic E-state index is -1.05. The number of nitrogens with one attached hydrogen (secondary N) is 2. The van der Waals surface area contributed by atoms with Crippen LogP contribution in [-0.4, -0.2) is 56.2 Å². The van der Waals surface area contributed by atoms with Gasteiger partial charge in [-0.2, -0.15) is 0 Å². The first-order valence-electron chi connectivity index (χ1n) is 7.37. The minimum absolute atomic E-state index is 0.403. The molecule has 3 N–H and O–H groups in total. The predicted octanol–water partition coefficient (Wildman–Crippen LogP) is 1.93. The van der Waals surface area contributed by atoms with E-state index in [0.717, 1.165) is 0 Å². The number of carbonyl (C=O) groups is 2. The summed E-state index contributed by atoms with van der Waals surface area (Å²) < 4.78 is 15.7. The van der Waals surface area contributed by atoms with Crippen LogP contribution in [0, 0.1) is 0 Å². The molecular formula is C15H21N3O6. The summed E-state index contributed by atoms with van der Waals surface area (Å²) in [6, 6.07) is 2.66. The number of nitrogens with zero attached hydrogens (tertiary/aromatic N) is 1. The molecule has 1 saturated heterocycles. The van der Waals surface area contributed by atoms with Crippen LogP contribution in [0.2, 0.25) is 0 Å². The van der Waals surface area contributed by atoms with Gasteiger partial charge in [-0.25, -0.2) is 9.59 Å². The van der Waals surface area contributed by atoms with Crippen LogP contribution < -0.4 is 24.8 Å². The Bertz CT molecular complexity index is 596. The van der Waals surface area contributed by atoms with Crippen molar-refractivity contribution in [1.82, 2.24) is 10.2 Å². The molecule has 1 aromatic carbocycles. The third kappa shape index (κ3) is 3.73. The zero-order chi connectivity index (χ0) is 17.7. The van der Waals surface area contributed by atoms with E-state index >= 15 is 0 Å². The molecule has 1 aliphatic heterocycles. The van der Waals surface area contributed by atoms with Gasteiger partial charge >= 0.3 is 12.1 Å². The minimum Gasteiger partial charge on any atom is -0.493 e. The van der Waals surface area contributed by atoms with Gasteiger partial charge in [0.2, 0.25) is 5.75 Å². The standard InChI is InChI=1S/C15H21N3O6/c1-22-10-7-9(8-11(23-2)13(10)24-3)16-14(19)17-12-5-4-6-18(12)15(20)21/h7-8,12H,4-6H2,1-3H3,(H,20,21)(H2,16,17,19). The lowest BCUT2D eigenvalue weighted by molar-refractivity contribution is 0.135.